The summed E-state index contributed by atoms with van der Waals surface area (Å²) in [6.45, 7) is 3.41. The minimum absolute atomic E-state index is 0.111. The summed E-state index contributed by atoms with van der Waals surface area (Å²) in [5, 5.41) is 18.9. The van der Waals surface area contributed by atoms with Gasteiger partial charge in [0.25, 0.3) is 0 Å². The second kappa shape index (κ2) is 8.20. The third-order valence-electron chi connectivity index (χ3n) is 4.53. The van der Waals surface area contributed by atoms with Crippen molar-refractivity contribution in [2.75, 3.05) is 32.8 Å². The van der Waals surface area contributed by atoms with E-state index in [1.165, 1.54) is 25.7 Å². The molecule has 0 amide bonds. The SMILES string of the molecule is OCCOC1CCN(CC(O)CC2CCCC2)CC1. The number of rotatable bonds is 7. The number of nitrogens with zero attached hydrogens (tertiary/aromatic N) is 1. The molecule has 4 nitrogen and oxygen atoms in total. The normalized spacial score (nSPS) is 24.9. The van der Waals surface area contributed by atoms with E-state index >= 15 is 0 Å². The van der Waals surface area contributed by atoms with Gasteiger partial charge in [0.05, 0.1) is 25.4 Å². The van der Waals surface area contributed by atoms with Crippen molar-refractivity contribution in [3.05, 3.63) is 0 Å². The molecule has 0 aromatic rings. The summed E-state index contributed by atoms with van der Waals surface area (Å²) in [5.74, 6) is 0.764. The van der Waals surface area contributed by atoms with Crippen LogP contribution >= 0.6 is 0 Å². The minimum Gasteiger partial charge on any atom is -0.394 e. The van der Waals surface area contributed by atoms with Crippen molar-refractivity contribution < 1.29 is 14.9 Å². The molecule has 19 heavy (non-hydrogen) atoms. The average Bonchev–Trinajstić information content (AvgIpc) is 2.90. The summed E-state index contributed by atoms with van der Waals surface area (Å²) in [4.78, 5) is 2.36. The van der Waals surface area contributed by atoms with Crippen molar-refractivity contribution >= 4 is 0 Å². The molecule has 0 aromatic carbocycles. The third-order valence-corrected chi connectivity index (χ3v) is 4.53. The topological polar surface area (TPSA) is 52.9 Å². The first-order valence-electron chi connectivity index (χ1n) is 7.91. The van der Waals surface area contributed by atoms with Crippen LogP contribution in [0.15, 0.2) is 0 Å². The van der Waals surface area contributed by atoms with Crippen molar-refractivity contribution in [2.24, 2.45) is 5.92 Å². The monoisotopic (exact) mass is 271 g/mol. The van der Waals surface area contributed by atoms with E-state index in [4.69, 9.17) is 9.84 Å². The molecule has 2 aliphatic rings. The summed E-state index contributed by atoms with van der Waals surface area (Å²) in [6, 6.07) is 0. The number of hydrogen-bond donors (Lipinski definition) is 2. The molecule has 1 saturated carbocycles. The molecule has 0 aromatic heterocycles. The zero-order valence-electron chi connectivity index (χ0n) is 12.0. The molecule has 4 heteroatoms. The van der Waals surface area contributed by atoms with Crippen LogP contribution in [0.1, 0.15) is 44.9 Å². The van der Waals surface area contributed by atoms with Gasteiger partial charge >= 0.3 is 0 Å². The van der Waals surface area contributed by atoms with E-state index in [9.17, 15) is 5.11 Å². The highest BCUT2D eigenvalue weighted by Crippen LogP contribution is 2.28. The van der Waals surface area contributed by atoms with Crippen molar-refractivity contribution in [1.82, 2.24) is 4.90 Å². The largest absolute Gasteiger partial charge is 0.394 e. The van der Waals surface area contributed by atoms with E-state index < -0.39 is 0 Å². The maximum absolute atomic E-state index is 10.2. The van der Waals surface area contributed by atoms with Gasteiger partial charge in [0.15, 0.2) is 0 Å². The van der Waals surface area contributed by atoms with Crippen molar-refractivity contribution in [2.45, 2.75) is 57.2 Å². The van der Waals surface area contributed by atoms with Crippen LogP contribution in [0.25, 0.3) is 0 Å². The van der Waals surface area contributed by atoms with Gasteiger partial charge in [-0.15, -0.1) is 0 Å². The van der Waals surface area contributed by atoms with E-state index in [1.54, 1.807) is 0 Å². The van der Waals surface area contributed by atoms with Gasteiger partial charge in [0, 0.05) is 19.6 Å². The summed E-state index contributed by atoms with van der Waals surface area (Å²) in [7, 11) is 0. The molecule has 112 valence electrons. The highest BCUT2D eigenvalue weighted by molar-refractivity contribution is 4.77. The van der Waals surface area contributed by atoms with Gasteiger partial charge in [-0.25, -0.2) is 0 Å². The molecule has 0 radical (unpaired) electrons. The van der Waals surface area contributed by atoms with Gasteiger partial charge in [0.1, 0.15) is 0 Å². The van der Waals surface area contributed by atoms with Gasteiger partial charge in [-0.1, -0.05) is 25.7 Å². The van der Waals surface area contributed by atoms with Crippen LogP contribution in [-0.2, 0) is 4.74 Å². The maximum Gasteiger partial charge on any atom is 0.0701 e. The fourth-order valence-corrected chi connectivity index (χ4v) is 3.48. The Labute approximate surface area is 116 Å². The first-order chi connectivity index (χ1) is 9.28. The maximum atomic E-state index is 10.2. The number of aliphatic hydroxyl groups is 2. The zero-order chi connectivity index (χ0) is 13.5. The first-order valence-corrected chi connectivity index (χ1v) is 7.91. The summed E-state index contributed by atoms with van der Waals surface area (Å²) in [5.41, 5.74) is 0. The van der Waals surface area contributed by atoms with Gasteiger partial charge < -0.3 is 19.8 Å². The van der Waals surface area contributed by atoms with Crippen LogP contribution in [-0.4, -0.2) is 60.2 Å². The molecule has 2 N–H and O–H groups in total. The minimum atomic E-state index is -0.155. The molecular weight excluding hydrogens is 242 g/mol. The molecule has 1 aliphatic heterocycles. The molecule has 0 spiro atoms. The smallest absolute Gasteiger partial charge is 0.0701 e. The average molecular weight is 271 g/mol. The number of ether oxygens (including phenoxy) is 1. The highest BCUT2D eigenvalue weighted by Gasteiger charge is 2.23. The Morgan fingerprint density at radius 3 is 2.42 bits per heavy atom. The molecule has 1 saturated heterocycles. The predicted molar refractivity (Wildman–Crippen MR) is 75.1 cm³/mol. The molecule has 1 atom stereocenters. The first kappa shape index (κ1) is 15.2. The molecular formula is C15H29NO3. The molecule has 2 fully saturated rings. The van der Waals surface area contributed by atoms with E-state index in [-0.39, 0.29) is 12.7 Å². The summed E-state index contributed by atoms with van der Waals surface area (Å²) >= 11 is 0. The van der Waals surface area contributed by atoms with E-state index in [2.05, 4.69) is 4.90 Å². The quantitative estimate of drug-likeness (QED) is 0.735. The standard InChI is InChI=1S/C15H29NO3/c17-9-10-19-15-5-7-16(8-6-15)12-14(18)11-13-3-1-2-4-13/h13-15,17-18H,1-12H2. The number of piperidine rings is 1. The Balaban J connectivity index is 1.59. The van der Waals surface area contributed by atoms with Crippen LogP contribution in [0.5, 0.6) is 0 Å². The zero-order valence-corrected chi connectivity index (χ0v) is 12.0. The van der Waals surface area contributed by atoms with E-state index in [0.29, 0.717) is 12.7 Å². The second-order valence-electron chi connectivity index (χ2n) is 6.13. The van der Waals surface area contributed by atoms with Crippen LogP contribution in [0, 0.1) is 5.92 Å². The molecule has 0 bridgehead atoms. The van der Waals surface area contributed by atoms with Crippen LogP contribution < -0.4 is 0 Å². The van der Waals surface area contributed by atoms with E-state index in [1.807, 2.05) is 0 Å². The van der Waals surface area contributed by atoms with Crippen LogP contribution in [0.4, 0.5) is 0 Å². The molecule has 1 unspecified atom stereocenters. The Hall–Kier alpha value is -0.160. The van der Waals surface area contributed by atoms with Crippen LogP contribution in [0.3, 0.4) is 0 Å². The van der Waals surface area contributed by atoms with E-state index in [0.717, 1.165) is 44.8 Å². The third kappa shape index (κ3) is 5.38. The fourth-order valence-electron chi connectivity index (χ4n) is 3.48. The Morgan fingerprint density at radius 2 is 1.79 bits per heavy atom. The van der Waals surface area contributed by atoms with Gasteiger partial charge in [0.2, 0.25) is 0 Å². The highest BCUT2D eigenvalue weighted by atomic mass is 16.5. The predicted octanol–water partition coefficient (Wildman–Crippen LogP) is 1.40. The van der Waals surface area contributed by atoms with Gasteiger partial charge in [-0.05, 0) is 25.2 Å². The second-order valence-corrected chi connectivity index (χ2v) is 6.13. The lowest BCUT2D eigenvalue weighted by molar-refractivity contribution is -0.0162. The Bertz CT molecular complexity index is 236. The lowest BCUT2D eigenvalue weighted by Crippen LogP contribution is -2.41. The van der Waals surface area contributed by atoms with Crippen molar-refractivity contribution in [3.8, 4) is 0 Å². The molecule has 2 rings (SSSR count). The number of hydrogen-bond acceptors (Lipinski definition) is 4. The van der Waals surface area contributed by atoms with Crippen LogP contribution in [0.2, 0.25) is 0 Å². The number of likely N-dealkylation sites (tertiary alicyclic amines) is 1. The van der Waals surface area contributed by atoms with Crippen molar-refractivity contribution in [3.63, 3.8) is 0 Å². The van der Waals surface area contributed by atoms with Crippen molar-refractivity contribution in [1.29, 1.82) is 0 Å². The molecule has 1 heterocycles. The fraction of sp³-hybridized carbons (Fsp3) is 1.00. The number of β-amino-alcohol motifs (C(OH)–C–C–N with tert-alkyl or cyclic N) is 1. The van der Waals surface area contributed by atoms with Gasteiger partial charge in [-0.2, -0.15) is 0 Å². The Kier molecular flexibility index (Phi) is 6.57. The summed E-state index contributed by atoms with van der Waals surface area (Å²) < 4.78 is 5.55. The molecule has 1 aliphatic carbocycles. The lowest BCUT2D eigenvalue weighted by Gasteiger charge is -2.33. The Morgan fingerprint density at radius 1 is 1.11 bits per heavy atom. The van der Waals surface area contributed by atoms with Gasteiger partial charge in [-0.3, -0.25) is 0 Å². The number of aliphatic hydroxyl groups excluding tert-OH is 2. The lowest BCUT2D eigenvalue weighted by atomic mass is 9.99. The summed E-state index contributed by atoms with van der Waals surface area (Å²) in [6.07, 6.45) is 8.51.